The van der Waals surface area contributed by atoms with Crippen molar-refractivity contribution in [2.45, 2.75) is 51.7 Å². The molecule has 4 heteroatoms. The highest BCUT2D eigenvalue weighted by Crippen LogP contribution is 2.19. The van der Waals surface area contributed by atoms with Crippen LogP contribution in [-0.2, 0) is 9.53 Å². The molecule has 0 spiro atoms. The van der Waals surface area contributed by atoms with E-state index >= 15 is 0 Å². The molecule has 0 aromatic rings. The second kappa shape index (κ2) is 6.86. The minimum atomic E-state index is -0.693. The van der Waals surface area contributed by atoms with Crippen LogP contribution in [0.15, 0.2) is 0 Å². The first-order valence-corrected chi connectivity index (χ1v) is 6.17. The maximum absolute atomic E-state index is 10.7. The van der Waals surface area contributed by atoms with Gasteiger partial charge in [0.1, 0.15) is 0 Å². The van der Waals surface area contributed by atoms with Crippen molar-refractivity contribution in [1.82, 2.24) is 4.90 Å². The van der Waals surface area contributed by atoms with E-state index in [2.05, 4.69) is 4.90 Å². The molecule has 94 valence electrons. The Morgan fingerprint density at radius 3 is 2.88 bits per heavy atom. The van der Waals surface area contributed by atoms with E-state index in [1.54, 1.807) is 0 Å². The zero-order chi connectivity index (χ0) is 12.0. The van der Waals surface area contributed by atoms with Crippen molar-refractivity contribution in [2.24, 2.45) is 0 Å². The summed E-state index contributed by atoms with van der Waals surface area (Å²) in [6.07, 6.45) is 3.86. The summed E-state index contributed by atoms with van der Waals surface area (Å²) >= 11 is 0. The van der Waals surface area contributed by atoms with Gasteiger partial charge in [-0.25, -0.2) is 0 Å². The molecule has 1 fully saturated rings. The molecular formula is C12H23NO3. The molecule has 0 saturated carbocycles. The van der Waals surface area contributed by atoms with Gasteiger partial charge in [-0.2, -0.15) is 0 Å². The third-order valence-electron chi connectivity index (χ3n) is 2.99. The summed E-state index contributed by atoms with van der Waals surface area (Å²) in [5, 5.41) is 8.84. The van der Waals surface area contributed by atoms with Gasteiger partial charge in [0.2, 0.25) is 0 Å². The van der Waals surface area contributed by atoms with Crippen LogP contribution in [0.5, 0.6) is 0 Å². The van der Waals surface area contributed by atoms with Crippen LogP contribution < -0.4 is 0 Å². The SMILES string of the molecule is CC(C)OCCN1CCCCC1CC(=O)O. The van der Waals surface area contributed by atoms with Crippen molar-refractivity contribution in [1.29, 1.82) is 0 Å². The summed E-state index contributed by atoms with van der Waals surface area (Å²) in [7, 11) is 0. The molecule has 0 aliphatic carbocycles. The first kappa shape index (κ1) is 13.5. The number of carboxylic acid groups (broad SMARTS) is 1. The molecular weight excluding hydrogens is 206 g/mol. The molecule has 1 aliphatic rings. The topological polar surface area (TPSA) is 49.8 Å². The van der Waals surface area contributed by atoms with E-state index in [-0.39, 0.29) is 18.6 Å². The van der Waals surface area contributed by atoms with Gasteiger partial charge in [-0.1, -0.05) is 6.42 Å². The quantitative estimate of drug-likeness (QED) is 0.753. The standard InChI is InChI=1S/C12H23NO3/c1-10(2)16-8-7-13-6-4-3-5-11(13)9-12(14)15/h10-11H,3-9H2,1-2H3,(H,14,15). The summed E-state index contributed by atoms with van der Waals surface area (Å²) in [5.41, 5.74) is 0. The van der Waals surface area contributed by atoms with Gasteiger partial charge in [0.05, 0.1) is 19.1 Å². The van der Waals surface area contributed by atoms with Crippen molar-refractivity contribution in [2.75, 3.05) is 19.7 Å². The number of piperidine rings is 1. The highest BCUT2D eigenvalue weighted by molar-refractivity contribution is 5.67. The number of carbonyl (C=O) groups is 1. The second-order valence-corrected chi connectivity index (χ2v) is 4.70. The van der Waals surface area contributed by atoms with Crippen molar-refractivity contribution < 1.29 is 14.6 Å². The van der Waals surface area contributed by atoms with Crippen molar-refractivity contribution in [3.05, 3.63) is 0 Å². The number of hydrogen-bond acceptors (Lipinski definition) is 3. The average molecular weight is 229 g/mol. The molecule has 1 N–H and O–H groups in total. The Hall–Kier alpha value is -0.610. The third kappa shape index (κ3) is 4.94. The van der Waals surface area contributed by atoms with Gasteiger partial charge in [-0.05, 0) is 33.2 Å². The predicted octanol–water partition coefficient (Wildman–Crippen LogP) is 1.74. The third-order valence-corrected chi connectivity index (χ3v) is 2.99. The molecule has 0 aromatic carbocycles. The van der Waals surface area contributed by atoms with E-state index in [4.69, 9.17) is 9.84 Å². The largest absolute Gasteiger partial charge is 0.481 e. The fraction of sp³-hybridized carbons (Fsp3) is 0.917. The van der Waals surface area contributed by atoms with Crippen LogP contribution in [-0.4, -0.2) is 47.8 Å². The zero-order valence-corrected chi connectivity index (χ0v) is 10.3. The minimum absolute atomic E-state index is 0.210. The molecule has 1 heterocycles. The van der Waals surface area contributed by atoms with E-state index in [0.29, 0.717) is 6.61 Å². The van der Waals surface area contributed by atoms with Crippen LogP contribution in [0.2, 0.25) is 0 Å². The smallest absolute Gasteiger partial charge is 0.304 e. The molecule has 1 rings (SSSR count). The number of hydrogen-bond donors (Lipinski definition) is 1. The lowest BCUT2D eigenvalue weighted by Crippen LogP contribution is -2.42. The number of carboxylic acids is 1. The lowest BCUT2D eigenvalue weighted by atomic mass is 9.99. The van der Waals surface area contributed by atoms with Crippen LogP contribution in [0.25, 0.3) is 0 Å². The van der Waals surface area contributed by atoms with E-state index in [1.807, 2.05) is 13.8 Å². The van der Waals surface area contributed by atoms with Crippen molar-refractivity contribution in [3.8, 4) is 0 Å². The second-order valence-electron chi connectivity index (χ2n) is 4.70. The lowest BCUT2D eigenvalue weighted by Gasteiger charge is -2.34. The number of ether oxygens (including phenoxy) is 1. The number of aliphatic carboxylic acids is 1. The number of likely N-dealkylation sites (tertiary alicyclic amines) is 1. The van der Waals surface area contributed by atoms with Gasteiger partial charge >= 0.3 is 5.97 Å². The highest BCUT2D eigenvalue weighted by atomic mass is 16.5. The summed E-state index contributed by atoms with van der Waals surface area (Å²) < 4.78 is 5.51. The Bertz CT molecular complexity index is 218. The van der Waals surface area contributed by atoms with Crippen LogP contribution in [0, 0.1) is 0 Å². The van der Waals surface area contributed by atoms with Crippen LogP contribution >= 0.6 is 0 Å². The molecule has 1 atom stereocenters. The molecule has 1 saturated heterocycles. The lowest BCUT2D eigenvalue weighted by molar-refractivity contribution is -0.138. The minimum Gasteiger partial charge on any atom is -0.481 e. The van der Waals surface area contributed by atoms with Gasteiger partial charge in [0.15, 0.2) is 0 Å². The molecule has 0 radical (unpaired) electrons. The molecule has 4 nitrogen and oxygen atoms in total. The van der Waals surface area contributed by atoms with Gasteiger partial charge in [0, 0.05) is 12.6 Å². The van der Waals surface area contributed by atoms with E-state index < -0.39 is 5.97 Å². The van der Waals surface area contributed by atoms with Gasteiger partial charge in [0.25, 0.3) is 0 Å². The molecule has 0 aromatic heterocycles. The Morgan fingerprint density at radius 1 is 1.50 bits per heavy atom. The number of rotatable bonds is 6. The van der Waals surface area contributed by atoms with E-state index in [1.165, 1.54) is 6.42 Å². The monoisotopic (exact) mass is 229 g/mol. The molecule has 0 bridgehead atoms. The highest BCUT2D eigenvalue weighted by Gasteiger charge is 2.24. The molecule has 1 aliphatic heterocycles. The predicted molar refractivity (Wildman–Crippen MR) is 62.6 cm³/mol. The fourth-order valence-electron chi connectivity index (χ4n) is 2.19. The number of nitrogens with zero attached hydrogens (tertiary/aromatic N) is 1. The summed E-state index contributed by atoms with van der Waals surface area (Å²) in [4.78, 5) is 13.0. The molecule has 1 unspecified atom stereocenters. The summed E-state index contributed by atoms with van der Waals surface area (Å²) in [6, 6.07) is 0.210. The van der Waals surface area contributed by atoms with Gasteiger partial charge in [-0.3, -0.25) is 9.69 Å². The summed E-state index contributed by atoms with van der Waals surface area (Å²) in [6.45, 7) is 6.61. The van der Waals surface area contributed by atoms with E-state index in [9.17, 15) is 4.79 Å². The van der Waals surface area contributed by atoms with Gasteiger partial charge in [-0.15, -0.1) is 0 Å². The van der Waals surface area contributed by atoms with Crippen molar-refractivity contribution in [3.63, 3.8) is 0 Å². The Labute approximate surface area is 97.6 Å². The molecule has 0 amide bonds. The Kier molecular flexibility index (Phi) is 5.77. The maximum Gasteiger partial charge on any atom is 0.304 e. The first-order valence-electron chi connectivity index (χ1n) is 6.17. The van der Waals surface area contributed by atoms with Crippen LogP contribution in [0.3, 0.4) is 0 Å². The maximum atomic E-state index is 10.7. The summed E-state index contributed by atoms with van der Waals surface area (Å²) in [5.74, 6) is -0.693. The first-order chi connectivity index (χ1) is 7.59. The molecule has 16 heavy (non-hydrogen) atoms. The van der Waals surface area contributed by atoms with E-state index in [0.717, 1.165) is 25.9 Å². The average Bonchev–Trinajstić information content (AvgIpc) is 2.19. The van der Waals surface area contributed by atoms with Crippen LogP contribution in [0.1, 0.15) is 39.5 Å². The van der Waals surface area contributed by atoms with Gasteiger partial charge < -0.3 is 9.84 Å². The van der Waals surface area contributed by atoms with Crippen molar-refractivity contribution >= 4 is 5.97 Å². The Morgan fingerprint density at radius 2 is 2.25 bits per heavy atom. The zero-order valence-electron chi connectivity index (χ0n) is 10.3. The normalized spacial score (nSPS) is 22.6. The fourth-order valence-corrected chi connectivity index (χ4v) is 2.19. The van der Waals surface area contributed by atoms with Crippen LogP contribution in [0.4, 0.5) is 0 Å². The Balaban J connectivity index is 2.31.